The SMILES string of the molecule is COc1ccc(SCC(=O)NCc2ccc(N3CCCCC3)cc2)cc1OC. The number of hydrogen-bond acceptors (Lipinski definition) is 5. The van der Waals surface area contributed by atoms with Crippen molar-refractivity contribution in [3.63, 3.8) is 0 Å². The summed E-state index contributed by atoms with van der Waals surface area (Å²) in [5.41, 5.74) is 2.39. The fourth-order valence-corrected chi connectivity index (χ4v) is 4.04. The van der Waals surface area contributed by atoms with Crippen LogP contribution < -0.4 is 19.7 Å². The standard InChI is InChI=1S/C22H28N2O3S/c1-26-20-11-10-19(14-21(20)27-2)28-16-22(25)23-15-17-6-8-18(9-7-17)24-12-4-3-5-13-24/h6-11,14H,3-5,12-13,15-16H2,1-2H3,(H,23,25). The van der Waals surface area contributed by atoms with E-state index in [9.17, 15) is 4.79 Å². The van der Waals surface area contributed by atoms with Crippen molar-refractivity contribution in [3.8, 4) is 11.5 Å². The fraction of sp³-hybridized carbons (Fsp3) is 0.409. The van der Waals surface area contributed by atoms with Gasteiger partial charge in [0, 0.05) is 30.2 Å². The van der Waals surface area contributed by atoms with Crippen LogP contribution in [0.3, 0.4) is 0 Å². The van der Waals surface area contributed by atoms with Gasteiger partial charge in [0.1, 0.15) is 0 Å². The molecule has 1 heterocycles. The summed E-state index contributed by atoms with van der Waals surface area (Å²) in [5.74, 6) is 1.73. The normalized spacial score (nSPS) is 13.9. The van der Waals surface area contributed by atoms with Gasteiger partial charge in [0.05, 0.1) is 20.0 Å². The molecule has 1 amide bonds. The maximum Gasteiger partial charge on any atom is 0.230 e. The minimum atomic E-state index is 0.0138. The van der Waals surface area contributed by atoms with Gasteiger partial charge < -0.3 is 19.7 Å². The van der Waals surface area contributed by atoms with E-state index in [1.807, 2.05) is 18.2 Å². The first-order valence-electron chi connectivity index (χ1n) is 9.65. The first kappa shape index (κ1) is 20.4. The van der Waals surface area contributed by atoms with Crippen molar-refractivity contribution in [1.29, 1.82) is 0 Å². The molecular weight excluding hydrogens is 372 g/mol. The molecule has 1 aliphatic rings. The molecule has 2 aromatic rings. The second kappa shape index (κ2) is 10.3. The number of nitrogens with zero attached hydrogens (tertiary/aromatic N) is 1. The highest BCUT2D eigenvalue weighted by Gasteiger charge is 2.11. The minimum Gasteiger partial charge on any atom is -0.493 e. The molecule has 0 saturated carbocycles. The van der Waals surface area contributed by atoms with Crippen molar-refractivity contribution in [2.45, 2.75) is 30.7 Å². The highest BCUT2D eigenvalue weighted by molar-refractivity contribution is 8.00. The van der Waals surface area contributed by atoms with Crippen molar-refractivity contribution in [1.82, 2.24) is 5.32 Å². The number of hydrogen-bond donors (Lipinski definition) is 1. The van der Waals surface area contributed by atoms with Crippen LogP contribution in [-0.4, -0.2) is 39.0 Å². The van der Waals surface area contributed by atoms with Crippen LogP contribution in [0.5, 0.6) is 11.5 Å². The number of anilines is 1. The lowest BCUT2D eigenvalue weighted by Crippen LogP contribution is -2.29. The van der Waals surface area contributed by atoms with Crippen molar-refractivity contribution in [2.24, 2.45) is 0 Å². The molecule has 0 radical (unpaired) electrons. The van der Waals surface area contributed by atoms with Crippen molar-refractivity contribution >= 4 is 23.4 Å². The topological polar surface area (TPSA) is 50.8 Å². The first-order valence-corrected chi connectivity index (χ1v) is 10.6. The van der Waals surface area contributed by atoms with Gasteiger partial charge in [-0.05, 0) is 55.2 Å². The third-order valence-electron chi connectivity index (χ3n) is 4.87. The smallest absolute Gasteiger partial charge is 0.230 e. The Morgan fingerprint density at radius 3 is 2.39 bits per heavy atom. The summed E-state index contributed by atoms with van der Waals surface area (Å²) in [6.07, 6.45) is 3.88. The quantitative estimate of drug-likeness (QED) is 0.676. The lowest BCUT2D eigenvalue weighted by molar-refractivity contribution is -0.118. The summed E-state index contributed by atoms with van der Waals surface area (Å²) in [6, 6.07) is 14.2. The number of carbonyl (C=O) groups is 1. The largest absolute Gasteiger partial charge is 0.493 e. The number of piperidine rings is 1. The predicted octanol–water partition coefficient (Wildman–Crippen LogP) is 4.10. The number of rotatable bonds is 8. The van der Waals surface area contributed by atoms with E-state index >= 15 is 0 Å². The van der Waals surface area contributed by atoms with Crippen LogP contribution >= 0.6 is 11.8 Å². The molecule has 0 aliphatic carbocycles. The molecule has 1 saturated heterocycles. The van der Waals surface area contributed by atoms with Crippen LogP contribution in [0.25, 0.3) is 0 Å². The summed E-state index contributed by atoms with van der Waals surface area (Å²) >= 11 is 1.48. The summed E-state index contributed by atoms with van der Waals surface area (Å²) in [4.78, 5) is 15.6. The van der Waals surface area contributed by atoms with Gasteiger partial charge in [0.15, 0.2) is 11.5 Å². The van der Waals surface area contributed by atoms with E-state index in [4.69, 9.17) is 9.47 Å². The Bertz CT molecular complexity index is 774. The Balaban J connectivity index is 1.45. The van der Waals surface area contributed by atoms with Gasteiger partial charge in [0.25, 0.3) is 0 Å². The first-order chi connectivity index (χ1) is 13.7. The molecule has 0 atom stereocenters. The molecule has 28 heavy (non-hydrogen) atoms. The molecule has 150 valence electrons. The summed E-state index contributed by atoms with van der Waals surface area (Å²) in [7, 11) is 3.22. The Labute approximate surface area is 171 Å². The summed E-state index contributed by atoms with van der Waals surface area (Å²) in [5, 5.41) is 2.99. The molecule has 0 spiro atoms. The number of amides is 1. The van der Waals surface area contributed by atoms with Crippen molar-refractivity contribution in [3.05, 3.63) is 48.0 Å². The number of ether oxygens (including phenoxy) is 2. The van der Waals surface area contributed by atoms with Gasteiger partial charge in [-0.2, -0.15) is 0 Å². The molecule has 1 aliphatic heterocycles. The van der Waals surface area contributed by atoms with Crippen molar-refractivity contribution < 1.29 is 14.3 Å². The molecule has 3 rings (SSSR count). The minimum absolute atomic E-state index is 0.0138. The third-order valence-corrected chi connectivity index (χ3v) is 5.87. The van der Waals surface area contributed by atoms with E-state index in [1.54, 1.807) is 14.2 Å². The number of thioether (sulfide) groups is 1. The van der Waals surface area contributed by atoms with Crippen LogP contribution in [0.1, 0.15) is 24.8 Å². The van der Waals surface area contributed by atoms with Crippen molar-refractivity contribution in [2.75, 3.05) is 38.0 Å². The number of nitrogens with one attached hydrogen (secondary N) is 1. The Hall–Kier alpha value is -2.34. The van der Waals surface area contributed by atoms with Crippen LogP contribution in [0, 0.1) is 0 Å². The zero-order chi connectivity index (χ0) is 19.8. The molecular formula is C22H28N2O3S. The summed E-state index contributed by atoms with van der Waals surface area (Å²) in [6.45, 7) is 2.83. The van der Waals surface area contributed by atoms with Gasteiger partial charge in [0.2, 0.25) is 5.91 Å². The average Bonchev–Trinajstić information content (AvgIpc) is 2.77. The van der Waals surface area contributed by atoms with E-state index < -0.39 is 0 Å². The van der Waals surface area contributed by atoms with E-state index in [1.165, 1.54) is 36.7 Å². The lowest BCUT2D eigenvalue weighted by Gasteiger charge is -2.28. The second-order valence-corrected chi connectivity index (χ2v) is 7.85. The number of benzene rings is 2. The monoisotopic (exact) mass is 400 g/mol. The van der Waals surface area contributed by atoms with Gasteiger partial charge >= 0.3 is 0 Å². The van der Waals surface area contributed by atoms with Crippen LogP contribution in [-0.2, 0) is 11.3 Å². The second-order valence-electron chi connectivity index (χ2n) is 6.80. The highest BCUT2D eigenvalue weighted by atomic mass is 32.2. The zero-order valence-corrected chi connectivity index (χ0v) is 17.4. The zero-order valence-electron chi connectivity index (χ0n) is 16.6. The maximum absolute atomic E-state index is 12.2. The van der Waals surface area contributed by atoms with Crippen LogP contribution in [0.4, 0.5) is 5.69 Å². The molecule has 2 aromatic carbocycles. The Morgan fingerprint density at radius 2 is 1.71 bits per heavy atom. The Kier molecular flexibility index (Phi) is 7.48. The number of methoxy groups -OCH3 is 2. The molecule has 5 nitrogen and oxygen atoms in total. The Morgan fingerprint density at radius 1 is 1.00 bits per heavy atom. The molecule has 6 heteroatoms. The van der Waals surface area contributed by atoms with Gasteiger partial charge in [-0.15, -0.1) is 11.8 Å². The van der Waals surface area contributed by atoms with Crippen LogP contribution in [0.2, 0.25) is 0 Å². The predicted molar refractivity (Wildman–Crippen MR) is 115 cm³/mol. The highest BCUT2D eigenvalue weighted by Crippen LogP contribution is 2.31. The number of carbonyl (C=O) groups excluding carboxylic acids is 1. The molecule has 0 bridgehead atoms. The fourth-order valence-electron chi connectivity index (χ4n) is 3.28. The molecule has 1 N–H and O–H groups in total. The van der Waals surface area contributed by atoms with E-state index in [0.29, 0.717) is 23.8 Å². The molecule has 0 aromatic heterocycles. The third kappa shape index (κ3) is 5.58. The maximum atomic E-state index is 12.2. The average molecular weight is 401 g/mol. The van der Waals surface area contributed by atoms with Gasteiger partial charge in [-0.3, -0.25) is 4.79 Å². The summed E-state index contributed by atoms with van der Waals surface area (Å²) < 4.78 is 10.5. The van der Waals surface area contributed by atoms with E-state index in [-0.39, 0.29) is 5.91 Å². The molecule has 1 fully saturated rings. The van der Waals surface area contributed by atoms with Crippen LogP contribution in [0.15, 0.2) is 47.4 Å². The van der Waals surface area contributed by atoms with Gasteiger partial charge in [-0.25, -0.2) is 0 Å². The van der Waals surface area contributed by atoms with E-state index in [2.05, 4.69) is 34.5 Å². The molecule has 0 unspecified atom stereocenters. The van der Waals surface area contributed by atoms with Gasteiger partial charge in [-0.1, -0.05) is 12.1 Å². The van der Waals surface area contributed by atoms with E-state index in [0.717, 1.165) is 23.5 Å². The lowest BCUT2D eigenvalue weighted by atomic mass is 10.1.